The molecule has 0 atom stereocenters. The van der Waals surface area contributed by atoms with Crippen molar-refractivity contribution in [2.75, 3.05) is 26.9 Å². The third-order valence-electron chi connectivity index (χ3n) is 4.69. The van der Waals surface area contributed by atoms with Gasteiger partial charge in [0, 0.05) is 6.07 Å². The van der Waals surface area contributed by atoms with Gasteiger partial charge in [-0.1, -0.05) is 37.4 Å². The minimum absolute atomic E-state index is 0.180. The molecule has 0 aliphatic rings. The summed E-state index contributed by atoms with van der Waals surface area (Å²) in [6.07, 6.45) is 7.38. The second-order valence-corrected chi connectivity index (χ2v) is 7.26. The van der Waals surface area contributed by atoms with E-state index in [-0.39, 0.29) is 6.61 Å². The van der Waals surface area contributed by atoms with Gasteiger partial charge in [-0.05, 0) is 68.9 Å². The first kappa shape index (κ1) is 26.5. The predicted molar refractivity (Wildman–Crippen MR) is 129 cm³/mol. The first-order valence-corrected chi connectivity index (χ1v) is 11.1. The smallest absolute Gasteiger partial charge is 0.181 e. The Bertz CT molecular complexity index is 838. The Morgan fingerprint density at radius 3 is 2.16 bits per heavy atom. The molecule has 4 nitrogen and oxygen atoms in total. The highest BCUT2D eigenvalue weighted by molar-refractivity contribution is 6.32. The van der Waals surface area contributed by atoms with Gasteiger partial charge < -0.3 is 18.9 Å². The van der Waals surface area contributed by atoms with Crippen LogP contribution in [0.3, 0.4) is 0 Å². The van der Waals surface area contributed by atoms with E-state index in [4.69, 9.17) is 37.0 Å². The Hall–Kier alpha value is -2.51. The second-order valence-electron chi connectivity index (χ2n) is 6.85. The Kier molecular flexibility index (Phi) is 12.4. The Labute approximate surface area is 192 Å². The zero-order valence-electron chi connectivity index (χ0n) is 19.6. The van der Waals surface area contributed by atoms with E-state index in [1.54, 1.807) is 13.2 Å². The summed E-state index contributed by atoms with van der Waals surface area (Å²) in [7, 11) is 1.56. The van der Waals surface area contributed by atoms with Gasteiger partial charge in [0.15, 0.2) is 11.5 Å². The minimum atomic E-state index is 0.180. The number of ether oxygens (including phenoxy) is 4. The molecular formula is C26H35ClO4. The van der Waals surface area contributed by atoms with Gasteiger partial charge in [-0.25, -0.2) is 0 Å². The summed E-state index contributed by atoms with van der Waals surface area (Å²) in [5.74, 6) is 5.92. The molecule has 0 saturated carbocycles. The minimum Gasteiger partial charge on any atom is -0.494 e. The van der Waals surface area contributed by atoms with Crippen molar-refractivity contribution in [3.05, 3.63) is 46.5 Å². The lowest BCUT2D eigenvalue weighted by molar-refractivity contribution is 0.318. The molecule has 5 heteroatoms. The van der Waals surface area contributed by atoms with E-state index >= 15 is 0 Å². The molecule has 0 aromatic heterocycles. The molecule has 0 aliphatic heterocycles. The Balaban J connectivity index is 0.000000316. The summed E-state index contributed by atoms with van der Waals surface area (Å²) < 4.78 is 21.6. The van der Waals surface area contributed by atoms with E-state index in [0.29, 0.717) is 35.7 Å². The van der Waals surface area contributed by atoms with Crippen molar-refractivity contribution in [3.63, 3.8) is 0 Å². The summed E-state index contributed by atoms with van der Waals surface area (Å²) >= 11 is 5.98. The summed E-state index contributed by atoms with van der Waals surface area (Å²) in [4.78, 5) is 0. The van der Waals surface area contributed by atoms with Crippen LogP contribution in [-0.2, 0) is 0 Å². The fraction of sp³-hybridized carbons (Fsp3) is 0.462. The number of hydrogen-bond donors (Lipinski definition) is 0. The molecule has 0 aliphatic carbocycles. The van der Waals surface area contributed by atoms with E-state index in [0.717, 1.165) is 29.9 Å². The van der Waals surface area contributed by atoms with Crippen LogP contribution in [0, 0.1) is 19.3 Å². The SMILES string of the molecule is C#CCOc1c(Cl)cc(C)cc1OC.CCOc1ccc(C(CC)CC)c(OCC)c1. The van der Waals surface area contributed by atoms with Crippen LogP contribution in [-0.4, -0.2) is 26.9 Å². The lowest BCUT2D eigenvalue weighted by Gasteiger charge is -2.18. The van der Waals surface area contributed by atoms with E-state index in [9.17, 15) is 0 Å². The van der Waals surface area contributed by atoms with Crippen LogP contribution >= 0.6 is 11.6 Å². The summed E-state index contributed by atoms with van der Waals surface area (Å²) in [6, 6.07) is 9.85. The molecular weight excluding hydrogens is 412 g/mol. The lowest BCUT2D eigenvalue weighted by Crippen LogP contribution is -2.02. The number of rotatable bonds is 10. The number of aryl methyl sites for hydroxylation is 1. The molecule has 0 saturated heterocycles. The standard InChI is InChI=1S/C15H24O2.C11H11ClO2/c1-5-12(6-2)14-10-9-13(16-7-3)11-15(14)17-8-4;1-4-5-14-11-9(12)6-8(2)7-10(11)13-3/h9-12H,5-8H2,1-4H3;1,6-7H,5H2,2-3H3. The van der Waals surface area contributed by atoms with Crippen molar-refractivity contribution in [2.45, 2.75) is 53.4 Å². The topological polar surface area (TPSA) is 36.9 Å². The maximum Gasteiger partial charge on any atom is 0.181 e. The van der Waals surface area contributed by atoms with Gasteiger partial charge in [-0.15, -0.1) is 6.42 Å². The molecule has 0 bridgehead atoms. The van der Waals surface area contributed by atoms with E-state index in [1.165, 1.54) is 5.56 Å². The molecule has 2 rings (SSSR count). The first-order valence-electron chi connectivity index (χ1n) is 10.7. The van der Waals surface area contributed by atoms with Crippen LogP contribution in [0.15, 0.2) is 30.3 Å². The molecule has 0 radical (unpaired) electrons. The largest absolute Gasteiger partial charge is 0.494 e. The maximum absolute atomic E-state index is 5.98. The van der Waals surface area contributed by atoms with Gasteiger partial charge in [0.05, 0.1) is 25.3 Å². The number of hydrogen-bond acceptors (Lipinski definition) is 4. The van der Waals surface area contributed by atoms with Crippen LogP contribution in [0.5, 0.6) is 23.0 Å². The van der Waals surface area contributed by atoms with Crippen molar-refractivity contribution in [1.29, 1.82) is 0 Å². The normalized spacial score (nSPS) is 10.0. The molecule has 0 N–H and O–H groups in total. The highest BCUT2D eigenvalue weighted by atomic mass is 35.5. The van der Waals surface area contributed by atoms with Crippen molar-refractivity contribution < 1.29 is 18.9 Å². The molecule has 2 aromatic rings. The van der Waals surface area contributed by atoms with Gasteiger partial charge in [0.2, 0.25) is 0 Å². The van der Waals surface area contributed by atoms with E-state index in [2.05, 4.69) is 25.8 Å². The Morgan fingerprint density at radius 1 is 0.935 bits per heavy atom. The van der Waals surface area contributed by atoms with E-state index in [1.807, 2.05) is 39.0 Å². The van der Waals surface area contributed by atoms with Crippen LogP contribution in [0.4, 0.5) is 0 Å². The Morgan fingerprint density at radius 2 is 1.61 bits per heavy atom. The van der Waals surface area contributed by atoms with Gasteiger partial charge in [-0.3, -0.25) is 0 Å². The summed E-state index contributed by atoms with van der Waals surface area (Å²) in [6.45, 7) is 12.0. The van der Waals surface area contributed by atoms with Crippen LogP contribution in [0.1, 0.15) is 57.6 Å². The maximum atomic E-state index is 5.98. The lowest BCUT2D eigenvalue weighted by atomic mass is 9.93. The average molecular weight is 447 g/mol. The quantitative estimate of drug-likeness (QED) is 0.366. The number of methoxy groups -OCH3 is 1. The van der Waals surface area contributed by atoms with Crippen LogP contribution in [0.25, 0.3) is 0 Å². The molecule has 31 heavy (non-hydrogen) atoms. The monoisotopic (exact) mass is 446 g/mol. The summed E-state index contributed by atoms with van der Waals surface area (Å²) in [5.41, 5.74) is 2.32. The molecule has 0 fully saturated rings. The van der Waals surface area contributed by atoms with Gasteiger partial charge in [0.25, 0.3) is 0 Å². The van der Waals surface area contributed by atoms with Gasteiger partial charge in [0.1, 0.15) is 18.1 Å². The number of benzene rings is 2. The molecule has 0 unspecified atom stereocenters. The zero-order valence-corrected chi connectivity index (χ0v) is 20.3. The third kappa shape index (κ3) is 8.26. The van der Waals surface area contributed by atoms with Crippen LogP contribution in [0.2, 0.25) is 5.02 Å². The molecule has 0 amide bonds. The van der Waals surface area contributed by atoms with Crippen molar-refractivity contribution in [2.24, 2.45) is 0 Å². The average Bonchev–Trinajstić information content (AvgIpc) is 2.75. The zero-order chi connectivity index (χ0) is 23.2. The van der Waals surface area contributed by atoms with E-state index < -0.39 is 0 Å². The highest BCUT2D eigenvalue weighted by Gasteiger charge is 2.14. The van der Waals surface area contributed by atoms with Crippen LogP contribution < -0.4 is 18.9 Å². The molecule has 0 spiro atoms. The van der Waals surface area contributed by atoms with Gasteiger partial charge in [-0.2, -0.15) is 0 Å². The predicted octanol–water partition coefficient (Wildman–Crippen LogP) is 7.06. The van der Waals surface area contributed by atoms with Crippen molar-refractivity contribution in [3.8, 4) is 35.3 Å². The second kappa shape index (κ2) is 14.5. The fourth-order valence-corrected chi connectivity index (χ4v) is 3.54. The number of halogens is 1. The van der Waals surface area contributed by atoms with Crippen molar-refractivity contribution >= 4 is 11.6 Å². The van der Waals surface area contributed by atoms with Gasteiger partial charge >= 0.3 is 0 Å². The third-order valence-corrected chi connectivity index (χ3v) is 4.98. The fourth-order valence-electron chi connectivity index (χ4n) is 3.22. The molecule has 0 heterocycles. The molecule has 2 aromatic carbocycles. The first-order chi connectivity index (χ1) is 14.9. The highest BCUT2D eigenvalue weighted by Crippen LogP contribution is 2.36. The number of terminal acetylenes is 1. The molecule has 170 valence electrons. The van der Waals surface area contributed by atoms with Crippen molar-refractivity contribution in [1.82, 2.24) is 0 Å². The summed E-state index contributed by atoms with van der Waals surface area (Å²) in [5, 5.41) is 0.511.